The number of carbonyl (C=O) groups is 1. The quantitative estimate of drug-likeness (QED) is 0.894. The van der Waals surface area contributed by atoms with Gasteiger partial charge in [-0.15, -0.1) is 12.4 Å². The maximum Gasteiger partial charge on any atom is 0.306 e. The van der Waals surface area contributed by atoms with Gasteiger partial charge in [0.25, 0.3) is 0 Å². The summed E-state index contributed by atoms with van der Waals surface area (Å²) in [5, 5.41) is 10.3. The van der Waals surface area contributed by atoms with Crippen LogP contribution >= 0.6 is 35.6 Å². The zero-order valence-corrected chi connectivity index (χ0v) is 13.5. The number of rotatable bonds is 3. The fraction of sp³-hybridized carbons (Fsp3) is 0.500. The van der Waals surface area contributed by atoms with Gasteiger partial charge in [0.05, 0.1) is 5.92 Å². The molecule has 6 heteroatoms. The lowest BCUT2D eigenvalue weighted by Crippen LogP contribution is -2.37. The second-order valence-corrected chi connectivity index (χ2v) is 5.83. The van der Waals surface area contributed by atoms with E-state index in [0.29, 0.717) is 22.9 Å². The van der Waals surface area contributed by atoms with Crippen molar-refractivity contribution in [1.29, 1.82) is 0 Å². The summed E-state index contributed by atoms with van der Waals surface area (Å²) in [7, 11) is 0. The first-order chi connectivity index (χ1) is 8.99. The number of hydrogen-bond acceptors (Lipinski definition) is 2. The van der Waals surface area contributed by atoms with Crippen LogP contribution in [0.3, 0.4) is 0 Å². The minimum absolute atomic E-state index is 0. The van der Waals surface area contributed by atoms with Gasteiger partial charge in [0.1, 0.15) is 0 Å². The predicted molar refractivity (Wildman–Crippen MR) is 84.1 cm³/mol. The summed E-state index contributed by atoms with van der Waals surface area (Å²) in [6.45, 7) is 3.67. The first-order valence-electron chi connectivity index (χ1n) is 6.41. The van der Waals surface area contributed by atoms with Crippen LogP contribution in [-0.2, 0) is 4.79 Å². The molecule has 1 atom stereocenters. The average Bonchev–Trinajstić information content (AvgIpc) is 2.38. The predicted octanol–water partition coefficient (Wildman–Crippen LogP) is 4.27. The van der Waals surface area contributed by atoms with Crippen LogP contribution in [-0.4, -0.2) is 29.1 Å². The minimum Gasteiger partial charge on any atom is -0.481 e. The Bertz CT molecular complexity index is 473. The van der Waals surface area contributed by atoms with Crippen molar-refractivity contribution in [3.8, 4) is 0 Å². The molecule has 0 radical (unpaired) electrons. The number of hydrogen-bond donors (Lipinski definition) is 1. The number of aliphatic carboxylic acids is 1. The first kappa shape index (κ1) is 17.6. The van der Waals surface area contributed by atoms with Gasteiger partial charge < -0.3 is 5.11 Å². The Balaban J connectivity index is 0.00000200. The lowest BCUT2D eigenvalue weighted by atomic mass is 9.95. The van der Waals surface area contributed by atoms with Gasteiger partial charge in [0.15, 0.2) is 0 Å². The smallest absolute Gasteiger partial charge is 0.306 e. The third-order valence-electron chi connectivity index (χ3n) is 3.84. The normalized spacial score (nSPS) is 18.4. The van der Waals surface area contributed by atoms with E-state index in [-0.39, 0.29) is 24.4 Å². The Morgan fingerprint density at radius 1 is 1.35 bits per heavy atom. The summed E-state index contributed by atoms with van der Waals surface area (Å²) in [6.07, 6.45) is 1.40. The molecule has 1 aliphatic heterocycles. The molecule has 20 heavy (non-hydrogen) atoms. The van der Waals surface area contributed by atoms with Crippen LogP contribution < -0.4 is 0 Å². The summed E-state index contributed by atoms with van der Waals surface area (Å²) in [5.41, 5.74) is 1.04. The lowest BCUT2D eigenvalue weighted by molar-refractivity contribution is -0.143. The van der Waals surface area contributed by atoms with Gasteiger partial charge in [-0.3, -0.25) is 9.69 Å². The Kier molecular flexibility index (Phi) is 6.59. The molecule has 1 aromatic rings. The van der Waals surface area contributed by atoms with Crippen molar-refractivity contribution in [1.82, 2.24) is 4.90 Å². The first-order valence-corrected chi connectivity index (χ1v) is 7.16. The van der Waals surface area contributed by atoms with Gasteiger partial charge in [-0.25, -0.2) is 0 Å². The molecule has 0 aliphatic carbocycles. The molecule has 1 saturated heterocycles. The molecule has 3 nitrogen and oxygen atoms in total. The van der Waals surface area contributed by atoms with Crippen molar-refractivity contribution >= 4 is 41.6 Å². The van der Waals surface area contributed by atoms with Crippen LogP contribution in [0.2, 0.25) is 10.0 Å². The highest BCUT2D eigenvalue weighted by atomic mass is 35.5. The SMILES string of the molecule is CC(c1ccc(Cl)cc1Cl)N1CCC(C(=O)O)CC1.Cl. The van der Waals surface area contributed by atoms with Crippen molar-refractivity contribution in [2.75, 3.05) is 13.1 Å². The van der Waals surface area contributed by atoms with E-state index in [1.807, 2.05) is 12.1 Å². The zero-order chi connectivity index (χ0) is 14.0. The Hall–Kier alpha value is -0.480. The fourth-order valence-corrected chi connectivity index (χ4v) is 3.14. The van der Waals surface area contributed by atoms with Crippen LogP contribution in [0.4, 0.5) is 0 Å². The molecule has 112 valence electrons. The monoisotopic (exact) mass is 337 g/mol. The number of piperidine rings is 1. The van der Waals surface area contributed by atoms with Crippen LogP contribution in [0.5, 0.6) is 0 Å². The molecular weight excluding hydrogens is 321 g/mol. The van der Waals surface area contributed by atoms with E-state index < -0.39 is 5.97 Å². The van der Waals surface area contributed by atoms with Crippen LogP contribution in [0.25, 0.3) is 0 Å². The van der Waals surface area contributed by atoms with E-state index >= 15 is 0 Å². The molecule has 1 unspecified atom stereocenters. The van der Waals surface area contributed by atoms with Crippen molar-refractivity contribution in [2.24, 2.45) is 5.92 Å². The molecule has 0 saturated carbocycles. The summed E-state index contributed by atoms with van der Waals surface area (Å²) >= 11 is 12.1. The van der Waals surface area contributed by atoms with Gasteiger partial charge in [-0.05, 0) is 50.6 Å². The molecule has 0 spiro atoms. The van der Waals surface area contributed by atoms with Crippen molar-refractivity contribution in [3.63, 3.8) is 0 Å². The Morgan fingerprint density at radius 3 is 2.45 bits per heavy atom. The van der Waals surface area contributed by atoms with Crippen molar-refractivity contribution in [2.45, 2.75) is 25.8 Å². The highest BCUT2D eigenvalue weighted by Crippen LogP contribution is 2.32. The standard InChI is InChI=1S/C14H17Cl2NO2.ClH/c1-9(12-3-2-11(15)8-13(12)16)17-6-4-10(5-7-17)14(18)19;/h2-3,8-10H,4-7H2,1H3,(H,18,19);1H. The second kappa shape index (κ2) is 7.51. The van der Waals surface area contributed by atoms with E-state index in [2.05, 4.69) is 11.8 Å². The third kappa shape index (κ3) is 4.01. The Labute approximate surface area is 135 Å². The molecule has 1 fully saturated rings. The van der Waals surface area contributed by atoms with E-state index in [1.54, 1.807) is 6.07 Å². The molecule has 0 aromatic heterocycles. The molecule has 1 aliphatic rings. The summed E-state index contributed by atoms with van der Waals surface area (Å²) in [5.74, 6) is -0.888. The third-order valence-corrected chi connectivity index (χ3v) is 4.40. The van der Waals surface area contributed by atoms with Crippen molar-refractivity contribution < 1.29 is 9.90 Å². The van der Waals surface area contributed by atoms with E-state index in [0.717, 1.165) is 18.7 Å². The fourth-order valence-electron chi connectivity index (χ4n) is 2.57. The average molecular weight is 339 g/mol. The van der Waals surface area contributed by atoms with Gasteiger partial charge in [-0.1, -0.05) is 29.3 Å². The van der Waals surface area contributed by atoms with Gasteiger partial charge in [-0.2, -0.15) is 0 Å². The summed E-state index contributed by atoms with van der Waals surface area (Å²) in [4.78, 5) is 13.2. The molecule has 0 bridgehead atoms. The molecule has 2 rings (SSSR count). The number of likely N-dealkylation sites (tertiary alicyclic amines) is 1. The van der Waals surface area contributed by atoms with E-state index in [1.165, 1.54) is 0 Å². The summed E-state index contributed by atoms with van der Waals surface area (Å²) in [6, 6.07) is 5.71. The highest BCUT2D eigenvalue weighted by molar-refractivity contribution is 6.35. The minimum atomic E-state index is -0.683. The van der Waals surface area contributed by atoms with Gasteiger partial charge in [0, 0.05) is 16.1 Å². The maximum absolute atomic E-state index is 10.9. The van der Waals surface area contributed by atoms with Gasteiger partial charge in [0.2, 0.25) is 0 Å². The topological polar surface area (TPSA) is 40.5 Å². The van der Waals surface area contributed by atoms with Crippen LogP contribution in [0, 0.1) is 5.92 Å². The largest absolute Gasteiger partial charge is 0.481 e. The second-order valence-electron chi connectivity index (χ2n) is 4.99. The molecule has 1 heterocycles. The number of carboxylic acid groups (broad SMARTS) is 1. The Morgan fingerprint density at radius 2 is 1.95 bits per heavy atom. The van der Waals surface area contributed by atoms with Crippen LogP contribution in [0.15, 0.2) is 18.2 Å². The number of halogens is 3. The van der Waals surface area contributed by atoms with E-state index in [9.17, 15) is 4.79 Å². The molecule has 0 amide bonds. The van der Waals surface area contributed by atoms with Gasteiger partial charge >= 0.3 is 5.97 Å². The highest BCUT2D eigenvalue weighted by Gasteiger charge is 2.27. The molecule has 1 aromatic carbocycles. The zero-order valence-electron chi connectivity index (χ0n) is 11.2. The molecular formula is C14H18Cl3NO2. The van der Waals surface area contributed by atoms with E-state index in [4.69, 9.17) is 28.3 Å². The maximum atomic E-state index is 10.9. The van der Waals surface area contributed by atoms with Crippen LogP contribution in [0.1, 0.15) is 31.4 Å². The number of nitrogens with zero attached hydrogens (tertiary/aromatic N) is 1. The number of benzene rings is 1. The summed E-state index contributed by atoms with van der Waals surface area (Å²) < 4.78 is 0. The lowest BCUT2D eigenvalue weighted by Gasteiger charge is -2.35. The molecule has 1 N–H and O–H groups in total. The number of carboxylic acids is 1. The van der Waals surface area contributed by atoms with Crippen molar-refractivity contribution in [3.05, 3.63) is 33.8 Å².